The second kappa shape index (κ2) is 7.23. The molecule has 0 aliphatic carbocycles. The first kappa shape index (κ1) is 17.9. The summed E-state index contributed by atoms with van der Waals surface area (Å²) in [6, 6.07) is 15.2. The number of fused-ring (bicyclic) bond motifs is 1. The van der Waals surface area contributed by atoms with Crippen molar-refractivity contribution < 1.29 is 9.59 Å². The van der Waals surface area contributed by atoms with Crippen molar-refractivity contribution in [2.75, 3.05) is 10.3 Å². The van der Waals surface area contributed by atoms with Gasteiger partial charge in [0.15, 0.2) is 0 Å². The lowest BCUT2D eigenvalue weighted by Gasteiger charge is -2.25. The predicted molar refractivity (Wildman–Crippen MR) is 110 cm³/mol. The number of pyridine rings is 1. The molecule has 2 aromatic carbocycles. The van der Waals surface area contributed by atoms with Gasteiger partial charge in [0.1, 0.15) is 5.71 Å². The maximum absolute atomic E-state index is 12.8. The summed E-state index contributed by atoms with van der Waals surface area (Å²) < 4.78 is 0. The van der Waals surface area contributed by atoms with Crippen LogP contribution in [0.3, 0.4) is 0 Å². The summed E-state index contributed by atoms with van der Waals surface area (Å²) >= 11 is 0. The lowest BCUT2D eigenvalue weighted by Crippen LogP contribution is -2.36. The quantitative estimate of drug-likeness (QED) is 0.756. The van der Waals surface area contributed by atoms with Gasteiger partial charge in [0.2, 0.25) is 5.91 Å². The fraction of sp³-hybridized carbons (Fsp3) is 0.182. The zero-order chi connectivity index (χ0) is 19.7. The van der Waals surface area contributed by atoms with Gasteiger partial charge in [-0.25, -0.2) is 5.01 Å². The Labute approximate surface area is 162 Å². The van der Waals surface area contributed by atoms with Gasteiger partial charge in [0.25, 0.3) is 5.91 Å². The Morgan fingerprint density at radius 3 is 2.79 bits per heavy atom. The molecule has 2 heterocycles. The van der Waals surface area contributed by atoms with E-state index in [1.54, 1.807) is 6.20 Å². The van der Waals surface area contributed by atoms with Crippen LogP contribution < -0.4 is 10.3 Å². The van der Waals surface area contributed by atoms with Gasteiger partial charge in [0.05, 0.1) is 16.9 Å². The van der Waals surface area contributed by atoms with Gasteiger partial charge in [0, 0.05) is 24.4 Å². The standard InChI is InChI=1S/C22H20N4O2/c1-14-8-9-15(2)20(13-14)26-21(27)11-10-19(25-26)22(28)24-18-7-3-6-17-16(18)5-4-12-23-17/h3-9,12-13H,10-11H2,1-2H3,(H,24,28). The summed E-state index contributed by atoms with van der Waals surface area (Å²) in [5.41, 5.74) is 4.49. The number of hydrogen-bond acceptors (Lipinski definition) is 4. The van der Waals surface area contributed by atoms with E-state index in [4.69, 9.17) is 0 Å². The molecule has 0 spiro atoms. The molecule has 0 saturated carbocycles. The zero-order valence-electron chi connectivity index (χ0n) is 15.8. The van der Waals surface area contributed by atoms with Crippen LogP contribution in [0.1, 0.15) is 24.0 Å². The number of amides is 2. The van der Waals surface area contributed by atoms with Crippen molar-refractivity contribution in [1.82, 2.24) is 4.98 Å². The van der Waals surface area contributed by atoms with E-state index in [9.17, 15) is 9.59 Å². The second-order valence-electron chi connectivity index (χ2n) is 6.87. The minimum absolute atomic E-state index is 0.111. The highest BCUT2D eigenvalue weighted by Crippen LogP contribution is 2.26. The summed E-state index contributed by atoms with van der Waals surface area (Å²) in [4.78, 5) is 29.6. The molecule has 140 valence electrons. The Balaban J connectivity index is 1.65. The molecule has 0 atom stereocenters. The van der Waals surface area contributed by atoms with E-state index in [1.165, 1.54) is 5.01 Å². The number of aromatic nitrogens is 1. The zero-order valence-corrected chi connectivity index (χ0v) is 15.8. The van der Waals surface area contributed by atoms with Crippen LogP contribution in [0.2, 0.25) is 0 Å². The van der Waals surface area contributed by atoms with Gasteiger partial charge in [-0.3, -0.25) is 14.6 Å². The minimum atomic E-state index is -0.306. The molecule has 28 heavy (non-hydrogen) atoms. The van der Waals surface area contributed by atoms with Gasteiger partial charge in [-0.1, -0.05) is 18.2 Å². The Bertz CT molecular complexity index is 1120. The van der Waals surface area contributed by atoms with Crippen molar-refractivity contribution in [3.8, 4) is 0 Å². The molecule has 0 radical (unpaired) electrons. The third kappa shape index (κ3) is 3.36. The smallest absolute Gasteiger partial charge is 0.271 e. The fourth-order valence-corrected chi connectivity index (χ4v) is 3.26. The molecule has 1 aliphatic rings. The molecule has 6 heteroatoms. The Morgan fingerprint density at radius 2 is 1.93 bits per heavy atom. The van der Waals surface area contributed by atoms with Crippen LogP contribution in [0.15, 0.2) is 59.8 Å². The number of nitrogens with one attached hydrogen (secondary N) is 1. The molecule has 1 aliphatic heterocycles. The van der Waals surface area contributed by atoms with Crippen molar-refractivity contribution in [1.29, 1.82) is 0 Å². The van der Waals surface area contributed by atoms with Crippen molar-refractivity contribution in [2.45, 2.75) is 26.7 Å². The first-order valence-electron chi connectivity index (χ1n) is 9.16. The molecule has 0 saturated heterocycles. The molecule has 3 aromatic rings. The van der Waals surface area contributed by atoms with E-state index >= 15 is 0 Å². The average molecular weight is 372 g/mol. The van der Waals surface area contributed by atoms with E-state index in [2.05, 4.69) is 15.4 Å². The first-order valence-corrected chi connectivity index (χ1v) is 9.16. The Hall–Kier alpha value is -3.54. The van der Waals surface area contributed by atoms with Crippen molar-refractivity contribution in [3.05, 3.63) is 65.9 Å². The van der Waals surface area contributed by atoms with Crippen molar-refractivity contribution >= 4 is 39.8 Å². The third-order valence-electron chi connectivity index (χ3n) is 4.78. The van der Waals surface area contributed by atoms with Gasteiger partial charge >= 0.3 is 0 Å². The number of benzene rings is 2. The van der Waals surface area contributed by atoms with Crippen LogP contribution in [-0.4, -0.2) is 22.5 Å². The monoisotopic (exact) mass is 372 g/mol. The second-order valence-corrected chi connectivity index (χ2v) is 6.87. The third-order valence-corrected chi connectivity index (χ3v) is 4.78. The molecule has 0 fully saturated rings. The number of rotatable bonds is 3. The van der Waals surface area contributed by atoms with Gasteiger partial charge in [-0.15, -0.1) is 0 Å². The van der Waals surface area contributed by atoms with Crippen molar-refractivity contribution in [2.24, 2.45) is 5.10 Å². The summed E-state index contributed by atoms with van der Waals surface area (Å²) in [6.45, 7) is 3.89. The van der Waals surface area contributed by atoms with E-state index < -0.39 is 0 Å². The largest absolute Gasteiger partial charge is 0.320 e. The highest BCUT2D eigenvalue weighted by Gasteiger charge is 2.26. The highest BCUT2D eigenvalue weighted by molar-refractivity contribution is 6.44. The molecular weight excluding hydrogens is 352 g/mol. The van der Waals surface area contributed by atoms with Crippen LogP contribution in [0.25, 0.3) is 10.9 Å². The van der Waals surface area contributed by atoms with E-state index in [1.807, 2.05) is 62.4 Å². The lowest BCUT2D eigenvalue weighted by atomic mass is 10.1. The highest BCUT2D eigenvalue weighted by atomic mass is 16.2. The number of aryl methyl sites for hydroxylation is 2. The lowest BCUT2D eigenvalue weighted by molar-refractivity contribution is -0.118. The van der Waals surface area contributed by atoms with Crippen LogP contribution in [0.5, 0.6) is 0 Å². The summed E-state index contributed by atoms with van der Waals surface area (Å²) in [7, 11) is 0. The van der Waals surface area contributed by atoms with Gasteiger partial charge < -0.3 is 5.32 Å². The van der Waals surface area contributed by atoms with Crippen LogP contribution in [-0.2, 0) is 9.59 Å². The number of hydrogen-bond donors (Lipinski definition) is 1. The topological polar surface area (TPSA) is 74.7 Å². The Morgan fingerprint density at radius 1 is 1.07 bits per heavy atom. The number of anilines is 2. The normalized spacial score (nSPS) is 14.1. The van der Waals surface area contributed by atoms with Crippen molar-refractivity contribution in [3.63, 3.8) is 0 Å². The van der Waals surface area contributed by atoms with E-state index in [0.29, 0.717) is 23.5 Å². The first-order chi connectivity index (χ1) is 13.5. The number of carbonyl (C=O) groups excluding carboxylic acids is 2. The van der Waals surface area contributed by atoms with E-state index in [0.717, 1.165) is 22.0 Å². The summed E-state index contributed by atoms with van der Waals surface area (Å²) in [5, 5.41) is 9.51. The van der Waals surface area contributed by atoms with Gasteiger partial charge in [-0.2, -0.15) is 5.10 Å². The number of hydrazone groups is 1. The maximum Gasteiger partial charge on any atom is 0.271 e. The molecule has 6 nitrogen and oxygen atoms in total. The molecule has 1 aromatic heterocycles. The van der Waals surface area contributed by atoms with E-state index in [-0.39, 0.29) is 18.2 Å². The summed E-state index contributed by atoms with van der Waals surface area (Å²) in [5.74, 6) is -0.418. The summed E-state index contributed by atoms with van der Waals surface area (Å²) in [6.07, 6.45) is 2.28. The SMILES string of the molecule is Cc1ccc(C)c(N2N=C(C(=O)Nc3cccc4ncccc34)CCC2=O)c1. The molecule has 2 amide bonds. The Kier molecular flexibility index (Phi) is 4.61. The molecule has 1 N–H and O–H groups in total. The van der Waals surface area contributed by atoms with Gasteiger partial charge in [-0.05, 0) is 55.3 Å². The fourth-order valence-electron chi connectivity index (χ4n) is 3.26. The van der Waals surface area contributed by atoms with Crippen LogP contribution >= 0.6 is 0 Å². The van der Waals surface area contributed by atoms with Crippen LogP contribution in [0, 0.1) is 13.8 Å². The minimum Gasteiger partial charge on any atom is -0.320 e. The molecular formula is C22H20N4O2. The maximum atomic E-state index is 12.8. The molecule has 0 unspecified atom stereocenters. The predicted octanol–water partition coefficient (Wildman–Crippen LogP) is 3.97. The average Bonchev–Trinajstić information content (AvgIpc) is 2.70. The number of nitrogens with zero attached hydrogens (tertiary/aromatic N) is 3. The molecule has 0 bridgehead atoms. The van der Waals surface area contributed by atoms with Crippen LogP contribution in [0.4, 0.5) is 11.4 Å². The number of carbonyl (C=O) groups is 2. The molecule has 4 rings (SSSR count).